The number of nitrogens with zero attached hydrogens (tertiary/aromatic N) is 2. The first-order valence-electron chi connectivity index (χ1n) is 5.79. The number of nitrogens with one attached hydrogen (secondary N) is 1. The van der Waals surface area contributed by atoms with E-state index in [1.807, 2.05) is 0 Å². The molecule has 7 nitrogen and oxygen atoms in total. The Balaban J connectivity index is 1.96. The molecule has 1 heterocycles. The van der Waals surface area contributed by atoms with Gasteiger partial charge in [0.2, 0.25) is 0 Å². The molecule has 2 N–H and O–H groups in total. The summed E-state index contributed by atoms with van der Waals surface area (Å²) in [4.78, 5) is 22.2. The van der Waals surface area contributed by atoms with Gasteiger partial charge in [-0.1, -0.05) is 0 Å². The van der Waals surface area contributed by atoms with Crippen molar-refractivity contribution in [2.75, 3.05) is 11.9 Å². The predicted molar refractivity (Wildman–Crippen MR) is 70.7 cm³/mol. The van der Waals surface area contributed by atoms with Gasteiger partial charge in [0, 0.05) is 18.9 Å². The number of carbonyl (C=O) groups is 2. The maximum Gasteiger partial charge on any atom is 0.341 e. The fourth-order valence-electron chi connectivity index (χ4n) is 1.52. The zero-order valence-electron chi connectivity index (χ0n) is 10.7. The highest BCUT2D eigenvalue weighted by Crippen LogP contribution is 2.16. The van der Waals surface area contributed by atoms with Crippen molar-refractivity contribution < 1.29 is 19.4 Å². The molecule has 0 unspecified atom stereocenters. The van der Waals surface area contributed by atoms with E-state index in [2.05, 4.69) is 10.4 Å². The minimum Gasteiger partial charge on any atom is -0.482 e. The van der Waals surface area contributed by atoms with Gasteiger partial charge < -0.3 is 15.2 Å². The molecular weight excluding hydrogens is 262 g/mol. The fraction of sp³-hybridized carbons (Fsp3) is 0.154. The van der Waals surface area contributed by atoms with Gasteiger partial charge in [-0.15, -0.1) is 0 Å². The number of carbonyl (C=O) groups excluding carboxylic acids is 1. The molecule has 0 aliphatic rings. The first-order chi connectivity index (χ1) is 9.54. The van der Waals surface area contributed by atoms with Crippen LogP contribution in [0.2, 0.25) is 0 Å². The van der Waals surface area contributed by atoms with Gasteiger partial charge in [-0.05, 0) is 24.3 Å². The van der Waals surface area contributed by atoms with Crippen LogP contribution in [0, 0.1) is 0 Å². The largest absolute Gasteiger partial charge is 0.482 e. The molecule has 2 rings (SSSR count). The number of carboxylic acid groups (broad SMARTS) is 1. The van der Waals surface area contributed by atoms with Crippen molar-refractivity contribution in [1.29, 1.82) is 0 Å². The highest BCUT2D eigenvalue weighted by Gasteiger charge is 2.08. The average molecular weight is 275 g/mol. The molecule has 0 bridgehead atoms. The van der Waals surface area contributed by atoms with Gasteiger partial charge in [0.25, 0.3) is 5.91 Å². The van der Waals surface area contributed by atoms with Crippen molar-refractivity contribution in [3.05, 3.63) is 42.2 Å². The topological polar surface area (TPSA) is 93.5 Å². The molecule has 0 radical (unpaired) electrons. The van der Waals surface area contributed by atoms with Crippen molar-refractivity contribution in [2.45, 2.75) is 0 Å². The number of amides is 1. The van der Waals surface area contributed by atoms with Gasteiger partial charge in [0.15, 0.2) is 6.61 Å². The number of carboxylic acids is 1. The third kappa shape index (κ3) is 3.58. The quantitative estimate of drug-likeness (QED) is 0.853. The van der Waals surface area contributed by atoms with Crippen LogP contribution < -0.4 is 10.1 Å². The van der Waals surface area contributed by atoms with Crippen molar-refractivity contribution in [3.63, 3.8) is 0 Å². The van der Waals surface area contributed by atoms with Crippen LogP contribution in [0.3, 0.4) is 0 Å². The Morgan fingerprint density at radius 2 is 2.05 bits per heavy atom. The lowest BCUT2D eigenvalue weighted by atomic mass is 10.2. The summed E-state index contributed by atoms with van der Waals surface area (Å²) >= 11 is 0. The van der Waals surface area contributed by atoms with E-state index in [4.69, 9.17) is 9.84 Å². The molecule has 0 spiro atoms. The molecule has 0 fully saturated rings. The van der Waals surface area contributed by atoms with Crippen molar-refractivity contribution in [2.24, 2.45) is 7.05 Å². The monoisotopic (exact) mass is 275 g/mol. The maximum atomic E-state index is 11.9. The molecule has 1 aromatic carbocycles. The Labute approximate surface area is 114 Å². The van der Waals surface area contributed by atoms with Crippen LogP contribution in [0.5, 0.6) is 5.75 Å². The van der Waals surface area contributed by atoms with Crippen LogP contribution in [0.15, 0.2) is 36.7 Å². The Bertz CT molecular complexity index is 619. The smallest absolute Gasteiger partial charge is 0.341 e. The molecule has 2 aromatic rings. The van der Waals surface area contributed by atoms with Gasteiger partial charge in [0.05, 0.1) is 11.8 Å². The Morgan fingerprint density at radius 3 is 2.60 bits per heavy atom. The molecular formula is C13H13N3O4. The molecule has 0 atom stereocenters. The number of rotatable bonds is 5. The van der Waals surface area contributed by atoms with E-state index in [0.717, 1.165) is 0 Å². The first-order valence-corrected chi connectivity index (χ1v) is 5.79. The normalized spacial score (nSPS) is 10.1. The first kappa shape index (κ1) is 13.6. The third-order valence-corrected chi connectivity index (χ3v) is 2.44. The molecule has 7 heteroatoms. The number of aromatic nitrogens is 2. The lowest BCUT2D eigenvalue weighted by molar-refractivity contribution is -0.139. The predicted octanol–water partition coefficient (Wildman–Crippen LogP) is 1.14. The molecule has 0 saturated carbocycles. The highest BCUT2D eigenvalue weighted by molar-refractivity contribution is 6.03. The van der Waals surface area contributed by atoms with Crippen LogP contribution in [0.25, 0.3) is 0 Å². The van der Waals surface area contributed by atoms with Gasteiger partial charge in [-0.25, -0.2) is 4.79 Å². The van der Waals surface area contributed by atoms with E-state index in [-0.39, 0.29) is 5.91 Å². The lowest BCUT2D eigenvalue weighted by Crippen LogP contribution is -2.11. The summed E-state index contributed by atoms with van der Waals surface area (Å²) in [5.74, 6) is -0.886. The number of hydrogen-bond donors (Lipinski definition) is 2. The minimum atomic E-state index is -1.04. The number of ether oxygens (including phenoxy) is 1. The number of benzene rings is 1. The molecule has 0 saturated heterocycles. The summed E-state index contributed by atoms with van der Waals surface area (Å²) in [6.07, 6.45) is 3.08. The molecule has 0 aliphatic carbocycles. The SMILES string of the molecule is Cn1cc(C(=O)Nc2ccc(OCC(=O)O)cc2)cn1. The summed E-state index contributed by atoms with van der Waals surface area (Å²) < 4.78 is 6.53. The standard InChI is InChI=1S/C13H13N3O4/c1-16-7-9(6-14-16)13(19)15-10-2-4-11(5-3-10)20-8-12(17)18/h2-7H,8H2,1H3,(H,15,19)(H,17,18). The van der Waals surface area contributed by atoms with E-state index in [1.165, 1.54) is 10.9 Å². The van der Waals surface area contributed by atoms with Gasteiger partial charge in [-0.2, -0.15) is 5.10 Å². The second-order valence-corrected chi connectivity index (χ2v) is 4.06. The number of anilines is 1. The molecule has 0 aliphatic heterocycles. The lowest BCUT2D eigenvalue weighted by Gasteiger charge is -2.06. The molecule has 1 amide bonds. The van der Waals surface area contributed by atoms with Crippen molar-refractivity contribution in [1.82, 2.24) is 9.78 Å². The number of aryl methyl sites for hydroxylation is 1. The summed E-state index contributed by atoms with van der Waals surface area (Å²) in [6, 6.07) is 6.43. The molecule has 20 heavy (non-hydrogen) atoms. The van der Waals surface area contributed by atoms with Crippen LogP contribution >= 0.6 is 0 Å². The zero-order valence-corrected chi connectivity index (χ0v) is 10.7. The van der Waals surface area contributed by atoms with E-state index in [1.54, 1.807) is 37.5 Å². The van der Waals surface area contributed by atoms with Gasteiger partial charge in [0.1, 0.15) is 5.75 Å². The molecule has 104 valence electrons. The Kier molecular flexibility index (Phi) is 3.99. The summed E-state index contributed by atoms with van der Waals surface area (Å²) in [6.45, 7) is -0.401. The molecule has 1 aromatic heterocycles. The minimum absolute atomic E-state index is 0.266. The van der Waals surface area contributed by atoms with E-state index in [9.17, 15) is 9.59 Å². The van der Waals surface area contributed by atoms with Crippen LogP contribution in [-0.2, 0) is 11.8 Å². The number of hydrogen-bond acceptors (Lipinski definition) is 4. The second kappa shape index (κ2) is 5.87. The van der Waals surface area contributed by atoms with Crippen LogP contribution in [0.1, 0.15) is 10.4 Å². The number of aliphatic carboxylic acids is 1. The maximum absolute atomic E-state index is 11.9. The zero-order chi connectivity index (χ0) is 14.5. The summed E-state index contributed by atoms with van der Waals surface area (Å²) in [5, 5.41) is 15.1. The Hall–Kier alpha value is -2.83. The van der Waals surface area contributed by atoms with Crippen molar-refractivity contribution >= 4 is 17.6 Å². The third-order valence-electron chi connectivity index (χ3n) is 2.44. The van der Waals surface area contributed by atoms with E-state index >= 15 is 0 Å². The van der Waals surface area contributed by atoms with Crippen LogP contribution in [-0.4, -0.2) is 33.4 Å². The van der Waals surface area contributed by atoms with E-state index < -0.39 is 12.6 Å². The fourth-order valence-corrected chi connectivity index (χ4v) is 1.52. The van der Waals surface area contributed by atoms with Crippen LogP contribution in [0.4, 0.5) is 5.69 Å². The van der Waals surface area contributed by atoms with Gasteiger partial charge in [-0.3, -0.25) is 9.48 Å². The average Bonchev–Trinajstić information content (AvgIpc) is 2.85. The van der Waals surface area contributed by atoms with Crippen molar-refractivity contribution in [3.8, 4) is 5.75 Å². The summed E-state index contributed by atoms with van der Waals surface area (Å²) in [7, 11) is 1.73. The Morgan fingerprint density at radius 1 is 1.35 bits per heavy atom. The van der Waals surface area contributed by atoms with Gasteiger partial charge >= 0.3 is 5.97 Å². The highest BCUT2D eigenvalue weighted by atomic mass is 16.5. The summed E-state index contributed by atoms with van der Waals surface area (Å²) in [5.41, 5.74) is 1.04. The van der Waals surface area contributed by atoms with E-state index in [0.29, 0.717) is 17.0 Å². The second-order valence-electron chi connectivity index (χ2n) is 4.06.